The number of pyridine rings is 1. The summed E-state index contributed by atoms with van der Waals surface area (Å²) in [6.45, 7) is 0. The third-order valence-electron chi connectivity index (χ3n) is 6.09. The van der Waals surface area contributed by atoms with E-state index < -0.39 is 11.3 Å². The first-order valence-electron chi connectivity index (χ1n) is 10.9. The van der Waals surface area contributed by atoms with Gasteiger partial charge in [0.15, 0.2) is 0 Å². The molecule has 6 nitrogen and oxygen atoms in total. The average molecular weight is 466 g/mol. The van der Waals surface area contributed by atoms with Gasteiger partial charge in [-0.05, 0) is 66.9 Å². The minimum atomic E-state index is -2.52. The summed E-state index contributed by atoms with van der Waals surface area (Å²) in [7, 11) is 2.02. The summed E-state index contributed by atoms with van der Waals surface area (Å²) in [5.41, 5.74) is 5.71. The number of fused-ring (bicyclic) bond motifs is 2. The Morgan fingerprint density at radius 3 is 2.56 bits per heavy atom. The fraction of sp³-hybridized carbons (Fsp3) is 0.111. The van der Waals surface area contributed by atoms with Gasteiger partial charge < -0.3 is 9.12 Å². The van der Waals surface area contributed by atoms with E-state index in [0.717, 1.165) is 34.8 Å². The molecule has 2 aromatic heterocycles. The molecule has 1 atom stereocenters. The predicted molar refractivity (Wildman–Crippen MR) is 134 cm³/mol. The van der Waals surface area contributed by atoms with Crippen LogP contribution in [0.3, 0.4) is 0 Å². The fourth-order valence-electron chi connectivity index (χ4n) is 4.34. The Balaban J connectivity index is 1.49. The molecule has 0 bridgehead atoms. The quantitative estimate of drug-likeness (QED) is 0.318. The topological polar surface area (TPSA) is 85.0 Å². The van der Waals surface area contributed by atoms with Gasteiger partial charge in [-0.1, -0.05) is 30.3 Å². The van der Waals surface area contributed by atoms with Crippen molar-refractivity contribution in [1.29, 1.82) is 5.26 Å². The fourth-order valence-corrected chi connectivity index (χ4v) is 4.93. The van der Waals surface area contributed by atoms with Crippen LogP contribution in [0.1, 0.15) is 16.8 Å². The van der Waals surface area contributed by atoms with E-state index in [1.165, 1.54) is 9.87 Å². The minimum absolute atomic E-state index is 0.516. The van der Waals surface area contributed by atoms with Crippen LogP contribution in [0, 0.1) is 11.3 Å². The number of rotatable bonds is 6. The SMILES string of the molecule is Cn1c(CCc2ccc(C#N)cc2)cc2cc(N(c3cccc4cccnc34)S(=O)[O-])ccc21. The lowest BCUT2D eigenvalue weighted by molar-refractivity contribution is 0.537. The van der Waals surface area contributed by atoms with Gasteiger partial charge in [-0.3, -0.25) is 13.5 Å². The van der Waals surface area contributed by atoms with E-state index >= 15 is 0 Å². The van der Waals surface area contributed by atoms with E-state index in [9.17, 15) is 8.76 Å². The summed E-state index contributed by atoms with van der Waals surface area (Å²) in [5.74, 6) is 0. The number of hydrogen-bond acceptors (Lipinski definition) is 4. The molecule has 0 radical (unpaired) electrons. The van der Waals surface area contributed by atoms with Crippen LogP contribution >= 0.6 is 0 Å². The van der Waals surface area contributed by atoms with Crippen LogP contribution in [0.25, 0.3) is 21.8 Å². The molecule has 0 saturated carbocycles. The Morgan fingerprint density at radius 1 is 1.00 bits per heavy atom. The third kappa shape index (κ3) is 4.05. The van der Waals surface area contributed by atoms with Gasteiger partial charge in [0.1, 0.15) is 0 Å². The molecule has 0 aliphatic heterocycles. The molecule has 3 aromatic carbocycles. The minimum Gasteiger partial charge on any atom is -0.755 e. The molecule has 34 heavy (non-hydrogen) atoms. The summed E-state index contributed by atoms with van der Waals surface area (Å²) in [4.78, 5) is 4.42. The van der Waals surface area contributed by atoms with Gasteiger partial charge in [-0.15, -0.1) is 0 Å². The Labute approximate surface area is 200 Å². The number of aryl methyl sites for hydroxylation is 3. The first-order valence-corrected chi connectivity index (χ1v) is 11.9. The maximum absolute atomic E-state index is 12.3. The summed E-state index contributed by atoms with van der Waals surface area (Å²) in [6.07, 6.45) is 3.34. The van der Waals surface area contributed by atoms with Crippen molar-refractivity contribution >= 4 is 44.4 Å². The smallest absolute Gasteiger partial charge is 0.0991 e. The molecule has 0 saturated heterocycles. The largest absolute Gasteiger partial charge is 0.755 e. The number of anilines is 2. The van der Waals surface area contributed by atoms with Gasteiger partial charge in [-0.25, -0.2) is 0 Å². The van der Waals surface area contributed by atoms with Crippen LogP contribution in [0.4, 0.5) is 11.4 Å². The van der Waals surface area contributed by atoms with Crippen LogP contribution in [-0.4, -0.2) is 18.3 Å². The molecule has 0 amide bonds. The molecule has 5 rings (SSSR count). The standard InChI is InChI=1S/C27H22N4O2S/c1-30-23(12-11-19-7-9-20(18-28)10-8-19)16-22-17-24(13-14-25(22)30)31(34(32)33)26-6-2-4-21-5-3-15-29-27(21)26/h2-10,13-17H,11-12H2,1H3,(H,32,33)/p-1. The molecular formula is C27H21N4O2S-. The molecule has 0 N–H and O–H groups in total. The van der Waals surface area contributed by atoms with Gasteiger partial charge in [0.05, 0.1) is 39.8 Å². The first kappa shape index (κ1) is 21.8. The van der Waals surface area contributed by atoms with Gasteiger partial charge in [-0.2, -0.15) is 5.26 Å². The molecule has 0 fully saturated rings. The van der Waals surface area contributed by atoms with Crippen molar-refractivity contribution in [2.24, 2.45) is 7.05 Å². The molecular weight excluding hydrogens is 444 g/mol. The zero-order valence-corrected chi connectivity index (χ0v) is 19.3. The van der Waals surface area contributed by atoms with Gasteiger partial charge in [0.25, 0.3) is 0 Å². The predicted octanol–water partition coefficient (Wildman–Crippen LogP) is 5.32. The Bertz CT molecular complexity index is 1560. The number of benzene rings is 3. The average Bonchev–Trinajstić information content (AvgIpc) is 3.18. The number of nitrogens with zero attached hydrogens (tertiary/aromatic N) is 4. The summed E-state index contributed by atoms with van der Waals surface area (Å²) >= 11 is -2.52. The van der Waals surface area contributed by atoms with Gasteiger partial charge in [0.2, 0.25) is 0 Å². The molecule has 1 unspecified atom stereocenters. The Hall–Kier alpha value is -3.99. The summed E-state index contributed by atoms with van der Waals surface area (Å²) < 4.78 is 28.1. The van der Waals surface area contributed by atoms with Crippen molar-refractivity contribution in [2.75, 3.05) is 4.31 Å². The van der Waals surface area contributed by atoms with Crippen LogP contribution in [-0.2, 0) is 31.2 Å². The Morgan fingerprint density at radius 2 is 1.79 bits per heavy atom. The zero-order valence-electron chi connectivity index (χ0n) is 18.5. The van der Waals surface area contributed by atoms with E-state index in [0.29, 0.717) is 22.5 Å². The second kappa shape index (κ2) is 9.10. The summed E-state index contributed by atoms with van der Waals surface area (Å²) in [6, 6.07) is 26.8. The van der Waals surface area contributed by atoms with Crippen LogP contribution in [0.2, 0.25) is 0 Å². The highest BCUT2D eigenvalue weighted by molar-refractivity contribution is 7.81. The molecule has 7 heteroatoms. The van der Waals surface area contributed by atoms with E-state index in [-0.39, 0.29) is 0 Å². The van der Waals surface area contributed by atoms with Gasteiger partial charge in [0, 0.05) is 35.2 Å². The van der Waals surface area contributed by atoms with Crippen molar-refractivity contribution in [3.63, 3.8) is 0 Å². The van der Waals surface area contributed by atoms with Crippen molar-refractivity contribution in [3.05, 3.63) is 102 Å². The van der Waals surface area contributed by atoms with E-state index in [1.807, 2.05) is 73.8 Å². The van der Waals surface area contributed by atoms with E-state index in [1.54, 1.807) is 12.3 Å². The molecule has 0 aliphatic carbocycles. The molecule has 168 valence electrons. The second-order valence-corrected chi connectivity index (χ2v) is 8.91. The van der Waals surface area contributed by atoms with E-state index in [2.05, 4.69) is 21.7 Å². The molecule has 5 aromatic rings. The highest BCUT2D eigenvalue weighted by atomic mass is 32.2. The van der Waals surface area contributed by atoms with E-state index in [4.69, 9.17) is 5.26 Å². The maximum Gasteiger partial charge on any atom is 0.0991 e. The summed E-state index contributed by atoms with van der Waals surface area (Å²) in [5, 5.41) is 10.8. The lowest BCUT2D eigenvalue weighted by Crippen LogP contribution is -2.20. The number of aromatic nitrogens is 2. The van der Waals surface area contributed by atoms with Crippen LogP contribution < -0.4 is 4.31 Å². The molecule has 2 heterocycles. The monoisotopic (exact) mass is 465 g/mol. The Kier molecular flexibility index (Phi) is 5.84. The number of nitriles is 1. The molecule has 0 spiro atoms. The lowest BCUT2D eigenvalue weighted by Gasteiger charge is -2.27. The second-order valence-electron chi connectivity index (χ2n) is 8.11. The number of para-hydroxylation sites is 1. The number of hydrogen-bond donors (Lipinski definition) is 0. The zero-order chi connectivity index (χ0) is 23.7. The first-order chi connectivity index (χ1) is 16.5. The highest BCUT2D eigenvalue weighted by Crippen LogP contribution is 2.34. The van der Waals surface area contributed by atoms with Crippen molar-refractivity contribution < 1.29 is 8.76 Å². The van der Waals surface area contributed by atoms with Crippen LogP contribution in [0.15, 0.2) is 85.1 Å². The van der Waals surface area contributed by atoms with Crippen LogP contribution in [0.5, 0.6) is 0 Å². The normalized spacial score (nSPS) is 12.0. The lowest BCUT2D eigenvalue weighted by atomic mass is 10.1. The molecule has 0 aliphatic rings. The van der Waals surface area contributed by atoms with Gasteiger partial charge >= 0.3 is 0 Å². The van der Waals surface area contributed by atoms with Crippen molar-refractivity contribution in [2.45, 2.75) is 12.8 Å². The van der Waals surface area contributed by atoms with Crippen molar-refractivity contribution in [3.8, 4) is 6.07 Å². The highest BCUT2D eigenvalue weighted by Gasteiger charge is 2.16. The third-order valence-corrected chi connectivity index (χ3v) is 6.80. The maximum atomic E-state index is 12.3. The van der Waals surface area contributed by atoms with Crippen molar-refractivity contribution in [1.82, 2.24) is 9.55 Å².